The molecule has 1 unspecified atom stereocenters. The third kappa shape index (κ3) is 7.95. The van der Waals surface area contributed by atoms with Crippen LogP contribution in [0.4, 0.5) is 0 Å². The predicted octanol–water partition coefficient (Wildman–Crippen LogP) is 1.54. The summed E-state index contributed by atoms with van der Waals surface area (Å²) in [6.07, 6.45) is 2.02. The summed E-state index contributed by atoms with van der Waals surface area (Å²) in [5.41, 5.74) is 1.09. The third-order valence-corrected chi connectivity index (χ3v) is 6.25. The van der Waals surface area contributed by atoms with Crippen molar-refractivity contribution in [3.63, 3.8) is 0 Å². The predicted molar refractivity (Wildman–Crippen MR) is 118 cm³/mol. The number of guanidine groups is 1. The maximum atomic E-state index is 11.6. The Kier molecular flexibility index (Phi) is 9.39. The third-order valence-electron chi connectivity index (χ3n) is 5.12. The highest BCUT2D eigenvalue weighted by Gasteiger charge is 2.23. The Morgan fingerprint density at radius 2 is 1.83 bits per heavy atom. The smallest absolute Gasteiger partial charge is 0.191 e. The van der Waals surface area contributed by atoms with Gasteiger partial charge in [-0.15, -0.1) is 0 Å². The van der Waals surface area contributed by atoms with Gasteiger partial charge in [-0.2, -0.15) is 0 Å². The van der Waals surface area contributed by atoms with Crippen LogP contribution in [0.3, 0.4) is 0 Å². The SMILES string of the molecule is CCNC(=NCC(C(C)C)N1CCOCC1)NCCc1ccc(S(C)(=O)=O)cc1. The lowest BCUT2D eigenvalue weighted by Gasteiger charge is -2.36. The number of aliphatic imine (C=N–C) groups is 1. The molecule has 0 bridgehead atoms. The number of nitrogens with zero attached hydrogens (tertiary/aromatic N) is 2. The van der Waals surface area contributed by atoms with Crippen molar-refractivity contribution < 1.29 is 13.2 Å². The van der Waals surface area contributed by atoms with E-state index in [0.29, 0.717) is 16.9 Å². The lowest BCUT2D eigenvalue weighted by atomic mass is 10.0. The van der Waals surface area contributed by atoms with Crippen molar-refractivity contribution in [1.82, 2.24) is 15.5 Å². The Balaban J connectivity index is 1.90. The molecule has 1 aromatic carbocycles. The van der Waals surface area contributed by atoms with E-state index in [4.69, 9.17) is 9.73 Å². The molecule has 1 aliphatic rings. The van der Waals surface area contributed by atoms with Gasteiger partial charge in [-0.25, -0.2) is 8.42 Å². The Bertz CT molecular complexity index is 742. The van der Waals surface area contributed by atoms with Crippen molar-refractivity contribution in [3.05, 3.63) is 29.8 Å². The largest absolute Gasteiger partial charge is 0.379 e. The molecule has 0 spiro atoms. The average Bonchev–Trinajstić information content (AvgIpc) is 2.68. The van der Waals surface area contributed by atoms with Gasteiger partial charge < -0.3 is 15.4 Å². The average molecular weight is 425 g/mol. The molecule has 1 aliphatic heterocycles. The van der Waals surface area contributed by atoms with E-state index in [2.05, 4.69) is 36.3 Å². The second-order valence-corrected chi connectivity index (χ2v) is 9.79. The number of hydrogen-bond donors (Lipinski definition) is 2. The molecule has 7 nitrogen and oxygen atoms in total. The number of nitrogens with one attached hydrogen (secondary N) is 2. The van der Waals surface area contributed by atoms with Crippen LogP contribution in [0.1, 0.15) is 26.3 Å². The van der Waals surface area contributed by atoms with Crippen LogP contribution in [0.15, 0.2) is 34.2 Å². The number of hydrogen-bond acceptors (Lipinski definition) is 5. The van der Waals surface area contributed by atoms with Crippen molar-refractivity contribution in [2.45, 2.75) is 38.1 Å². The van der Waals surface area contributed by atoms with Gasteiger partial charge in [0.05, 0.1) is 24.7 Å². The van der Waals surface area contributed by atoms with Crippen LogP contribution in [-0.2, 0) is 21.0 Å². The van der Waals surface area contributed by atoms with Crippen molar-refractivity contribution >= 4 is 15.8 Å². The lowest BCUT2D eigenvalue weighted by Crippen LogP contribution is -2.48. The van der Waals surface area contributed by atoms with E-state index < -0.39 is 9.84 Å². The van der Waals surface area contributed by atoms with Crippen LogP contribution < -0.4 is 10.6 Å². The first-order valence-corrected chi connectivity index (χ1v) is 12.3. The number of rotatable bonds is 9. The summed E-state index contributed by atoms with van der Waals surface area (Å²) < 4.78 is 28.6. The second-order valence-electron chi connectivity index (χ2n) is 7.77. The molecule has 0 aromatic heterocycles. The molecule has 1 fully saturated rings. The molecule has 2 N–H and O–H groups in total. The fourth-order valence-electron chi connectivity index (χ4n) is 3.41. The lowest BCUT2D eigenvalue weighted by molar-refractivity contribution is 0.00867. The molecule has 1 atom stereocenters. The van der Waals surface area contributed by atoms with Crippen LogP contribution in [0, 0.1) is 5.92 Å². The molecular formula is C21H36N4O3S. The van der Waals surface area contributed by atoms with E-state index in [9.17, 15) is 8.42 Å². The Morgan fingerprint density at radius 1 is 1.17 bits per heavy atom. The highest BCUT2D eigenvalue weighted by Crippen LogP contribution is 2.13. The molecule has 8 heteroatoms. The van der Waals surface area contributed by atoms with E-state index in [1.54, 1.807) is 12.1 Å². The molecule has 0 radical (unpaired) electrons. The molecule has 2 rings (SSSR count). The van der Waals surface area contributed by atoms with Gasteiger partial charge in [0.1, 0.15) is 0 Å². The zero-order chi connectivity index (χ0) is 21.3. The quantitative estimate of drug-likeness (QED) is 0.462. The number of benzene rings is 1. The monoisotopic (exact) mass is 424 g/mol. The van der Waals surface area contributed by atoms with E-state index in [0.717, 1.165) is 63.9 Å². The first kappa shape index (κ1) is 23.6. The molecular weight excluding hydrogens is 388 g/mol. The summed E-state index contributed by atoms with van der Waals surface area (Å²) in [5.74, 6) is 1.34. The van der Waals surface area contributed by atoms with Crippen LogP contribution >= 0.6 is 0 Å². The van der Waals surface area contributed by atoms with Crippen molar-refractivity contribution in [2.24, 2.45) is 10.9 Å². The molecule has 1 heterocycles. The fraction of sp³-hybridized carbons (Fsp3) is 0.667. The Hall–Kier alpha value is -1.64. The minimum atomic E-state index is -3.15. The molecule has 29 heavy (non-hydrogen) atoms. The van der Waals surface area contributed by atoms with Crippen LogP contribution in [0.25, 0.3) is 0 Å². The highest BCUT2D eigenvalue weighted by molar-refractivity contribution is 7.90. The molecule has 0 aliphatic carbocycles. The minimum absolute atomic E-state index is 0.354. The Labute approximate surface area is 175 Å². The summed E-state index contributed by atoms with van der Waals surface area (Å²) >= 11 is 0. The van der Waals surface area contributed by atoms with Gasteiger partial charge in [0.25, 0.3) is 0 Å². The van der Waals surface area contributed by atoms with Gasteiger partial charge in [0, 0.05) is 38.5 Å². The fourth-order valence-corrected chi connectivity index (χ4v) is 4.04. The first-order valence-electron chi connectivity index (χ1n) is 10.4. The molecule has 1 saturated heterocycles. The molecule has 1 aromatic rings. The normalized spacial score (nSPS) is 17.3. The standard InChI is InChI=1S/C21H36N4O3S/c1-5-22-21(24-16-20(17(2)3)25-12-14-28-15-13-25)23-11-10-18-6-8-19(9-7-18)29(4,26)27/h6-9,17,20H,5,10-16H2,1-4H3,(H2,22,23,24). The van der Waals surface area contributed by atoms with Crippen molar-refractivity contribution in [3.8, 4) is 0 Å². The first-order chi connectivity index (χ1) is 13.8. The zero-order valence-corrected chi connectivity index (χ0v) is 19.0. The van der Waals surface area contributed by atoms with E-state index in [1.807, 2.05) is 12.1 Å². The van der Waals surface area contributed by atoms with Gasteiger partial charge in [0.15, 0.2) is 15.8 Å². The van der Waals surface area contributed by atoms with E-state index in [-0.39, 0.29) is 0 Å². The number of sulfone groups is 1. The van der Waals surface area contributed by atoms with Crippen molar-refractivity contribution in [2.75, 3.05) is 52.2 Å². The van der Waals surface area contributed by atoms with Crippen LogP contribution in [0.5, 0.6) is 0 Å². The maximum Gasteiger partial charge on any atom is 0.191 e. The van der Waals surface area contributed by atoms with Gasteiger partial charge >= 0.3 is 0 Å². The summed E-state index contributed by atoms with van der Waals surface area (Å²) in [6, 6.07) is 7.47. The minimum Gasteiger partial charge on any atom is -0.379 e. The topological polar surface area (TPSA) is 83.0 Å². The summed E-state index contributed by atoms with van der Waals surface area (Å²) in [6.45, 7) is 12.3. The van der Waals surface area contributed by atoms with E-state index >= 15 is 0 Å². The molecule has 0 amide bonds. The zero-order valence-electron chi connectivity index (χ0n) is 18.1. The van der Waals surface area contributed by atoms with Crippen LogP contribution in [-0.4, -0.2) is 77.5 Å². The summed E-state index contributed by atoms with van der Waals surface area (Å²) in [4.78, 5) is 7.65. The summed E-state index contributed by atoms with van der Waals surface area (Å²) in [7, 11) is -3.15. The molecule has 0 saturated carbocycles. The van der Waals surface area contributed by atoms with Gasteiger partial charge in [-0.3, -0.25) is 9.89 Å². The van der Waals surface area contributed by atoms with Crippen LogP contribution in [0.2, 0.25) is 0 Å². The number of morpholine rings is 1. The highest BCUT2D eigenvalue weighted by atomic mass is 32.2. The van der Waals surface area contributed by atoms with Gasteiger partial charge in [-0.05, 0) is 37.0 Å². The summed E-state index contributed by atoms with van der Waals surface area (Å²) in [5, 5.41) is 6.70. The van der Waals surface area contributed by atoms with Gasteiger partial charge in [0.2, 0.25) is 0 Å². The maximum absolute atomic E-state index is 11.6. The molecule has 164 valence electrons. The number of ether oxygens (including phenoxy) is 1. The second kappa shape index (κ2) is 11.5. The Morgan fingerprint density at radius 3 is 2.38 bits per heavy atom. The van der Waals surface area contributed by atoms with Crippen molar-refractivity contribution in [1.29, 1.82) is 0 Å². The van der Waals surface area contributed by atoms with Gasteiger partial charge in [-0.1, -0.05) is 26.0 Å². The van der Waals surface area contributed by atoms with E-state index in [1.165, 1.54) is 6.26 Å².